The maximum Gasteiger partial charge on any atom is 0.264 e. The molecule has 1 aliphatic carbocycles. The molecule has 0 bridgehead atoms. The number of carbonyl (C=O) groups excluding carboxylic acids is 1. The molecule has 1 spiro atoms. The SMILES string of the molecule is CC(=O)N1CCc2c(c(N3CCCc4cc(-c5cnn(C)c5)c(C(F)F)cc43)nn2C2CCC3(CC2)CN(C2CCNCC2)C3)C1. The molecule has 3 aromatic rings. The fraction of sp³-hybridized carbons (Fsp3) is 0.629. The smallest absolute Gasteiger partial charge is 0.264 e. The molecule has 1 amide bonds. The summed E-state index contributed by atoms with van der Waals surface area (Å²) in [6.45, 7) is 8.30. The second kappa shape index (κ2) is 11.7. The first-order valence-corrected chi connectivity index (χ1v) is 17.3. The lowest BCUT2D eigenvalue weighted by molar-refractivity contribution is -0.129. The Morgan fingerprint density at radius 1 is 1.04 bits per heavy atom. The molecule has 9 nitrogen and oxygen atoms in total. The number of halogens is 2. The second-order valence-electron chi connectivity index (χ2n) is 14.5. The van der Waals surface area contributed by atoms with Gasteiger partial charge in [0.05, 0.1) is 18.8 Å². The summed E-state index contributed by atoms with van der Waals surface area (Å²) < 4.78 is 33.1. The molecule has 1 saturated carbocycles. The van der Waals surface area contributed by atoms with E-state index in [2.05, 4.69) is 24.9 Å². The summed E-state index contributed by atoms with van der Waals surface area (Å²) in [5.74, 6) is 0.907. The Balaban J connectivity index is 1.10. The number of rotatable bonds is 5. The molecule has 6 heterocycles. The number of carbonyl (C=O) groups is 1. The first kappa shape index (κ1) is 30.1. The van der Waals surface area contributed by atoms with Crippen LogP contribution in [0.5, 0.6) is 0 Å². The number of hydrogen-bond acceptors (Lipinski definition) is 6. The van der Waals surface area contributed by atoms with Gasteiger partial charge in [0, 0.05) is 86.9 Å². The van der Waals surface area contributed by atoms with Crippen molar-refractivity contribution in [3.05, 3.63) is 46.9 Å². The van der Waals surface area contributed by atoms with Gasteiger partial charge in [-0.3, -0.25) is 19.1 Å². The number of aryl methyl sites for hydroxylation is 2. The highest BCUT2D eigenvalue weighted by Gasteiger charge is 2.48. The van der Waals surface area contributed by atoms with Crippen LogP contribution in [0.4, 0.5) is 20.3 Å². The molecule has 8 rings (SSSR count). The summed E-state index contributed by atoms with van der Waals surface area (Å²) in [4.78, 5) is 19.3. The minimum absolute atomic E-state index is 0.0222. The van der Waals surface area contributed by atoms with Crippen LogP contribution in [0.15, 0.2) is 24.5 Å². The minimum atomic E-state index is -2.62. The average molecular weight is 633 g/mol. The molecule has 246 valence electrons. The van der Waals surface area contributed by atoms with E-state index in [0.29, 0.717) is 42.2 Å². The molecule has 2 saturated heterocycles. The molecule has 0 atom stereocenters. The predicted octanol–water partition coefficient (Wildman–Crippen LogP) is 5.38. The summed E-state index contributed by atoms with van der Waals surface area (Å²) in [5, 5.41) is 13.1. The molecular weight excluding hydrogens is 586 g/mol. The number of fused-ring (bicyclic) bond motifs is 2. The van der Waals surface area contributed by atoms with Gasteiger partial charge in [0.1, 0.15) is 0 Å². The number of hydrogen-bond donors (Lipinski definition) is 1. The number of nitrogens with one attached hydrogen (secondary N) is 1. The van der Waals surface area contributed by atoms with Crippen molar-refractivity contribution in [2.24, 2.45) is 12.5 Å². The van der Waals surface area contributed by atoms with Crippen molar-refractivity contribution in [3.63, 3.8) is 0 Å². The Morgan fingerprint density at radius 2 is 1.83 bits per heavy atom. The Kier molecular flexibility index (Phi) is 7.67. The minimum Gasteiger partial charge on any atom is -0.338 e. The third-order valence-electron chi connectivity index (χ3n) is 11.6. The number of nitrogens with zero attached hydrogens (tertiary/aromatic N) is 7. The zero-order chi connectivity index (χ0) is 31.6. The van der Waals surface area contributed by atoms with Gasteiger partial charge in [-0.15, -0.1) is 0 Å². The van der Waals surface area contributed by atoms with E-state index in [9.17, 15) is 13.6 Å². The van der Waals surface area contributed by atoms with Crippen LogP contribution in [-0.4, -0.2) is 80.6 Å². The van der Waals surface area contributed by atoms with Crippen LogP contribution < -0.4 is 10.2 Å². The summed E-state index contributed by atoms with van der Waals surface area (Å²) in [7, 11) is 1.80. The number of piperidine rings is 1. The van der Waals surface area contributed by atoms with Gasteiger partial charge < -0.3 is 15.1 Å². The van der Waals surface area contributed by atoms with Crippen molar-refractivity contribution in [1.82, 2.24) is 34.7 Å². The first-order valence-electron chi connectivity index (χ1n) is 17.3. The number of aromatic nitrogens is 4. The lowest BCUT2D eigenvalue weighted by Gasteiger charge is -2.56. The van der Waals surface area contributed by atoms with Crippen molar-refractivity contribution in [2.75, 3.05) is 44.2 Å². The third kappa shape index (κ3) is 5.23. The highest BCUT2D eigenvalue weighted by molar-refractivity contribution is 5.78. The van der Waals surface area contributed by atoms with Crippen LogP contribution in [0.2, 0.25) is 0 Å². The standard InChI is InChI=1S/C35H46F2N8O/c1-23(46)42-15-9-31-30(20-42)34(40-45(31)27-5-10-35(11-6-27)21-43(22-35)26-7-12-38-13-8-26)44-14-3-4-24-16-28(25-18-39-41(2)19-25)29(33(36)37)17-32(24)44/h16-19,26-27,33,38H,3-15,20-22H2,1-2H3. The summed E-state index contributed by atoms with van der Waals surface area (Å²) in [6, 6.07) is 4.71. The zero-order valence-corrected chi connectivity index (χ0v) is 27.1. The quantitative estimate of drug-likeness (QED) is 0.408. The average Bonchev–Trinajstić information content (AvgIpc) is 3.66. The van der Waals surface area contributed by atoms with Gasteiger partial charge in [0.2, 0.25) is 5.91 Å². The largest absolute Gasteiger partial charge is 0.338 e. The van der Waals surface area contributed by atoms with E-state index in [1.807, 2.05) is 11.0 Å². The molecule has 1 N–H and O–H groups in total. The molecule has 11 heteroatoms. The lowest BCUT2D eigenvalue weighted by Crippen LogP contribution is -2.62. The molecule has 46 heavy (non-hydrogen) atoms. The molecule has 0 unspecified atom stereocenters. The highest BCUT2D eigenvalue weighted by Crippen LogP contribution is 2.49. The maximum atomic E-state index is 14.6. The molecule has 1 aromatic carbocycles. The molecule has 0 radical (unpaired) electrons. The fourth-order valence-corrected chi connectivity index (χ4v) is 9.10. The van der Waals surface area contributed by atoms with Crippen LogP contribution in [0.3, 0.4) is 0 Å². The molecule has 5 aliphatic rings. The number of benzene rings is 1. The first-order chi connectivity index (χ1) is 22.3. The van der Waals surface area contributed by atoms with Gasteiger partial charge in [0.25, 0.3) is 6.43 Å². The zero-order valence-electron chi connectivity index (χ0n) is 27.1. The third-order valence-corrected chi connectivity index (χ3v) is 11.6. The molecule has 4 aliphatic heterocycles. The van der Waals surface area contributed by atoms with Gasteiger partial charge in [0.15, 0.2) is 5.82 Å². The van der Waals surface area contributed by atoms with Crippen molar-refractivity contribution < 1.29 is 13.6 Å². The number of amides is 1. The van der Waals surface area contributed by atoms with Gasteiger partial charge in [-0.25, -0.2) is 8.78 Å². The van der Waals surface area contributed by atoms with E-state index < -0.39 is 6.43 Å². The number of likely N-dealkylation sites (tertiary alicyclic amines) is 1. The lowest BCUT2D eigenvalue weighted by atomic mass is 9.66. The van der Waals surface area contributed by atoms with Crippen molar-refractivity contribution >= 4 is 17.4 Å². The van der Waals surface area contributed by atoms with Gasteiger partial charge in [-0.05, 0) is 93.1 Å². The Labute approximate surface area is 269 Å². The van der Waals surface area contributed by atoms with E-state index in [4.69, 9.17) is 5.10 Å². The summed E-state index contributed by atoms with van der Waals surface area (Å²) >= 11 is 0. The van der Waals surface area contributed by atoms with E-state index in [-0.39, 0.29) is 11.5 Å². The Morgan fingerprint density at radius 3 is 2.52 bits per heavy atom. The summed E-state index contributed by atoms with van der Waals surface area (Å²) in [6.07, 6.45) is 10.6. The van der Waals surface area contributed by atoms with Gasteiger partial charge >= 0.3 is 0 Å². The Bertz CT molecular complexity index is 1610. The second-order valence-corrected chi connectivity index (χ2v) is 14.5. The normalized spacial score (nSPS) is 22.3. The van der Waals surface area contributed by atoms with Crippen molar-refractivity contribution in [3.8, 4) is 11.1 Å². The van der Waals surface area contributed by atoms with Crippen LogP contribution in [0, 0.1) is 5.41 Å². The van der Waals surface area contributed by atoms with E-state index in [1.165, 1.54) is 44.5 Å². The summed E-state index contributed by atoms with van der Waals surface area (Å²) in [5.41, 5.74) is 5.91. The van der Waals surface area contributed by atoms with Crippen LogP contribution >= 0.6 is 0 Å². The van der Waals surface area contributed by atoms with Gasteiger partial charge in [-0.2, -0.15) is 10.2 Å². The maximum absolute atomic E-state index is 14.6. The van der Waals surface area contributed by atoms with Gasteiger partial charge in [-0.1, -0.05) is 0 Å². The predicted molar refractivity (Wildman–Crippen MR) is 173 cm³/mol. The van der Waals surface area contributed by atoms with E-state index >= 15 is 0 Å². The van der Waals surface area contributed by atoms with Crippen LogP contribution in [-0.2, 0) is 31.2 Å². The van der Waals surface area contributed by atoms with Crippen molar-refractivity contribution in [1.29, 1.82) is 0 Å². The monoisotopic (exact) mass is 632 g/mol. The van der Waals surface area contributed by atoms with E-state index in [1.54, 1.807) is 37.1 Å². The highest BCUT2D eigenvalue weighted by atomic mass is 19.3. The number of alkyl halides is 2. The topological polar surface area (TPSA) is 74.5 Å². The number of anilines is 2. The van der Waals surface area contributed by atoms with Crippen LogP contribution in [0.25, 0.3) is 11.1 Å². The fourth-order valence-electron chi connectivity index (χ4n) is 9.10. The Hall–Kier alpha value is -3.31. The van der Waals surface area contributed by atoms with Crippen molar-refractivity contribution in [2.45, 2.75) is 89.8 Å². The molecule has 2 aromatic heterocycles. The molecule has 3 fully saturated rings. The van der Waals surface area contributed by atoms with Crippen LogP contribution in [0.1, 0.15) is 86.7 Å². The van der Waals surface area contributed by atoms with E-state index in [0.717, 1.165) is 73.9 Å². The molecular formula is C35H46F2N8O.